The van der Waals surface area contributed by atoms with E-state index in [2.05, 4.69) is 27.2 Å². The number of nitrogens with one attached hydrogen (secondary N) is 2. The number of anilines is 1. The van der Waals surface area contributed by atoms with Gasteiger partial charge in [0.05, 0.1) is 34.9 Å². The molecule has 0 bridgehead atoms. The number of fused-ring (bicyclic) bond motifs is 2. The molecule has 1 saturated heterocycles. The lowest BCUT2D eigenvalue weighted by atomic mass is 9.76. The van der Waals surface area contributed by atoms with E-state index in [1.165, 1.54) is 42.5 Å². The molecule has 3 aromatic carbocycles. The minimum atomic E-state index is -1.23. The van der Waals surface area contributed by atoms with E-state index in [-0.39, 0.29) is 127 Å². The van der Waals surface area contributed by atoms with Crippen LogP contribution in [0.5, 0.6) is 17.5 Å². The van der Waals surface area contributed by atoms with Crippen LogP contribution in [0.25, 0.3) is 22.0 Å². The predicted molar refractivity (Wildman–Crippen MR) is 232 cm³/mol. The molecule has 3 N–H and O–H groups in total. The van der Waals surface area contributed by atoms with Gasteiger partial charge in [0.25, 0.3) is 5.91 Å². The summed E-state index contributed by atoms with van der Waals surface area (Å²) in [6, 6.07) is 8.37. The summed E-state index contributed by atoms with van der Waals surface area (Å²) in [6.45, 7) is 7.43. The minimum absolute atomic E-state index is 0.00681. The van der Waals surface area contributed by atoms with Gasteiger partial charge < -0.3 is 35.0 Å². The molecular weight excluding hydrogens is 870 g/mol. The van der Waals surface area contributed by atoms with E-state index in [4.69, 9.17) is 21.1 Å². The van der Waals surface area contributed by atoms with E-state index in [9.17, 15) is 38.7 Å². The van der Waals surface area contributed by atoms with Crippen LogP contribution in [0.2, 0.25) is 5.02 Å². The minimum Gasteiger partial charge on any atom is -0.507 e. The van der Waals surface area contributed by atoms with Gasteiger partial charge in [0.1, 0.15) is 46.8 Å². The van der Waals surface area contributed by atoms with Crippen molar-refractivity contribution in [3.05, 3.63) is 82.9 Å². The number of aromatic nitrogens is 2. The van der Waals surface area contributed by atoms with Crippen LogP contribution in [0, 0.1) is 23.5 Å². The number of Topliss-reactive ketones (excluding diaryl/α,β-unsaturated/α-hetero) is 4. The molecule has 3 amide bonds. The second-order valence-corrected chi connectivity index (χ2v) is 16.5. The number of piperazine rings is 1. The third-order valence-corrected chi connectivity index (χ3v) is 12.0. The smallest absolute Gasteiger partial charge is 0.319 e. The number of nitrogens with zero attached hydrogens (tertiary/aromatic N) is 4. The zero-order chi connectivity index (χ0) is 46.7. The molecule has 4 atom stereocenters. The monoisotopic (exact) mass is 914 g/mol. The highest BCUT2D eigenvalue weighted by Crippen LogP contribution is 2.44. The lowest BCUT2D eigenvalue weighted by Gasteiger charge is -2.44. The lowest BCUT2D eigenvalue weighted by molar-refractivity contribution is -0.133. The second kappa shape index (κ2) is 19.5. The maximum atomic E-state index is 16.6. The summed E-state index contributed by atoms with van der Waals surface area (Å²) in [5.41, 5.74) is -1.06. The third-order valence-electron chi connectivity index (χ3n) is 11.7. The van der Waals surface area contributed by atoms with Crippen molar-refractivity contribution in [2.75, 3.05) is 44.3 Å². The first kappa shape index (κ1) is 46.2. The fraction of sp³-hybridized carbons (Fsp3) is 0.370. The molecule has 0 radical (unpaired) electrons. The fourth-order valence-corrected chi connectivity index (χ4v) is 8.79. The number of hydrogen-bond acceptors (Lipinski definition) is 13. The Labute approximate surface area is 376 Å². The molecule has 4 aromatic rings. The molecule has 0 spiro atoms. The van der Waals surface area contributed by atoms with Crippen LogP contribution in [0.4, 0.5) is 14.6 Å². The van der Waals surface area contributed by atoms with Gasteiger partial charge in [0, 0.05) is 67.1 Å². The number of carbonyl (C=O) groups is 7. The van der Waals surface area contributed by atoms with Gasteiger partial charge in [-0.25, -0.2) is 8.78 Å². The molecular formula is C46H45ClF2N6O10. The Morgan fingerprint density at radius 3 is 2.40 bits per heavy atom. The lowest BCUT2D eigenvalue weighted by Crippen LogP contribution is -2.58. The van der Waals surface area contributed by atoms with Crippen molar-refractivity contribution in [3.63, 3.8) is 0 Å². The van der Waals surface area contributed by atoms with Crippen LogP contribution in [-0.2, 0) is 24.0 Å². The van der Waals surface area contributed by atoms with Gasteiger partial charge in [-0.05, 0) is 57.0 Å². The average molecular weight is 915 g/mol. The fourth-order valence-electron chi connectivity index (χ4n) is 8.50. The molecule has 19 heteroatoms. The van der Waals surface area contributed by atoms with Gasteiger partial charge in [-0.2, -0.15) is 9.97 Å². The molecule has 3 aliphatic rings. The molecule has 7 rings (SSSR count). The molecule has 2 fully saturated rings. The number of phenolic OH excluding ortho intramolecular Hbond substituents is 1. The molecule has 1 aliphatic heterocycles. The van der Waals surface area contributed by atoms with Crippen LogP contribution < -0.4 is 25.0 Å². The molecule has 2 heterocycles. The maximum absolute atomic E-state index is 16.6. The largest absolute Gasteiger partial charge is 0.507 e. The van der Waals surface area contributed by atoms with Gasteiger partial charge in [-0.15, -0.1) is 0 Å². The number of amides is 3. The Kier molecular flexibility index (Phi) is 13.9. The Balaban J connectivity index is 0.940. The molecule has 1 aromatic heterocycles. The maximum Gasteiger partial charge on any atom is 0.319 e. The van der Waals surface area contributed by atoms with E-state index >= 15 is 8.78 Å². The standard InChI is InChI=1S/C46H45ClF2N6O10/c1-4-36(61)54-20-24(3)55(21-23(54)2)45-28-19-29(47)39(40-30(48)9-6-10-31(40)57)41(49)42(28)52-46(53-45)64-17-14-34(59)50-15-7-16-51-35(60)22-65-33-11-5-8-27-37(33)44(63)38(43(27)62)26-13-12-25(56)18-32(26)58/h4-6,8-11,19,23-24,26,38,57H,1,7,12-18,20-22H2,2-3H3,(H,50,59)(H,51,60)/t23-,24+,26?,38?/m1/s1. The van der Waals surface area contributed by atoms with Gasteiger partial charge in [-0.3, -0.25) is 33.6 Å². The van der Waals surface area contributed by atoms with Gasteiger partial charge in [0.2, 0.25) is 11.8 Å². The molecule has 65 heavy (non-hydrogen) atoms. The van der Waals surface area contributed by atoms with E-state index < -0.39 is 76.1 Å². The highest BCUT2D eigenvalue weighted by Gasteiger charge is 2.48. The zero-order valence-corrected chi connectivity index (χ0v) is 36.2. The van der Waals surface area contributed by atoms with Crippen molar-refractivity contribution in [2.45, 2.75) is 58.0 Å². The number of ether oxygens (including phenoxy) is 2. The Bertz CT molecular complexity index is 2620. The third kappa shape index (κ3) is 9.53. The van der Waals surface area contributed by atoms with E-state index in [0.29, 0.717) is 6.42 Å². The van der Waals surface area contributed by atoms with E-state index in [0.717, 1.165) is 6.07 Å². The van der Waals surface area contributed by atoms with Crippen LogP contribution in [0.15, 0.2) is 55.1 Å². The number of rotatable bonds is 15. The van der Waals surface area contributed by atoms with Crippen molar-refractivity contribution < 1.29 is 56.9 Å². The highest BCUT2D eigenvalue weighted by molar-refractivity contribution is 6.34. The van der Waals surface area contributed by atoms with Gasteiger partial charge in [0.15, 0.2) is 24.0 Å². The second-order valence-electron chi connectivity index (χ2n) is 16.1. The average Bonchev–Trinajstić information content (AvgIpc) is 3.52. The van der Waals surface area contributed by atoms with Crippen molar-refractivity contribution in [1.82, 2.24) is 25.5 Å². The highest BCUT2D eigenvalue weighted by atomic mass is 35.5. The van der Waals surface area contributed by atoms with Gasteiger partial charge >= 0.3 is 6.01 Å². The topological polar surface area (TPSA) is 214 Å². The molecule has 1 saturated carbocycles. The normalized spacial score (nSPS) is 19.6. The molecule has 2 aliphatic carbocycles. The zero-order valence-electron chi connectivity index (χ0n) is 35.5. The number of aromatic hydroxyl groups is 1. The van der Waals surface area contributed by atoms with E-state index in [1.54, 1.807) is 4.90 Å². The first-order valence-corrected chi connectivity index (χ1v) is 21.4. The molecule has 2 unspecified atom stereocenters. The first-order valence-electron chi connectivity index (χ1n) is 21.0. The van der Waals surface area contributed by atoms with Crippen molar-refractivity contribution in [2.24, 2.45) is 11.8 Å². The molecule has 16 nitrogen and oxygen atoms in total. The predicted octanol–water partition coefficient (Wildman–Crippen LogP) is 4.95. The number of benzene rings is 3. The summed E-state index contributed by atoms with van der Waals surface area (Å²) in [5, 5.41) is 15.8. The van der Waals surface area contributed by atoms with Crippen LogP contribution >= 0.6 is 11.6 Å². The Morgan fingerprint density at radius 1 is 0.938 bits per heavy atom. The first-order chi connectivity index (χ1) is 31.1. The number of ketones is 4. The summed E-state index contributed by atoms with van der Waals surface area (Å²) < 4.78 is 43.0. The van der Waals surface area contributed by atoms with Crippen molar-refractivity contribution >= 4 is 69.2 Å². The number of halogens is 3. The number of hydrogen-bond donors (Lipinski definition) is 3. The molecule has 340 valence electrons. The summed E-state index contributed by atoms with van der Waals surface area (Å²) in [7, 11) is 0. The van der Waals surface area contributed by atoms with Crippen LogP contribution in [0.3, 0.4) is 0 Å². The van der Waals surface area contributed by atoms with Crippen molar-refractivity contribution in [3.8, 4) is 28.6 Å². The van der Waals surface area contributed by atoms with Crippen LogP contribution in [0.1, 0.15) is 66.7 Å². The number of carbonyl (C=O) groups excluding carboxylic acids is 7. The summed E-state index contributed by atoms with van der Waals surface area (Å²) in [5.74, 6) is -7.30. The SMILES string of the molecule is C=CC(=O)N1C[C@H](C)N(c2nc(OCCC(=O)NCCCNC(=O)COc3cccc4c3C(=O)C(C3CCC(=O)CC3=O)C4=O)nc3c(F)c(-c4c(O)cccc4F)c(Cl)cc23)C[C@H]1C. The van der Waals surface area contributed by atoms with Crippen LogP contribution in [-0.4, -0.2) is 112 Å². The van der Waals surface area contributed by atoms with Gasteiger partial charge in [-0.1, -0.05) is 36.4 Å². The summed E-state index contributed by atoms with van der Waals surface area (Å²) in [6.07, 6.45) is 1.32. The van der Waals surface area contributed by atoms with Crippen molar-refractivity contribution in [1.29, 1.82) is 0 Å². The quantitative estimate of drug-likeness (QED) is 0.0819. The number of phenols is 1. The van der Waals surface area contributed by atoms with E-state index in [1.807, 2.05) is 18.7 Å². The Morgan fingerprint density at radius 2 is 1.68 bits per heavy atom. The summed E-state index contributed by atoms with van der Waals surface area (Å²) >= 11 is 6.58. The Hall–Kier alpha value is -6.82. The summed E-state index contributed by atoms with van der Waals surface area (Å²) in [4.78, 5) is 101.